The highest BCUT2D eigenvalue weighted by atomic mass is 16.8. The van der Waals surface area contributed by atoms with Gasteiger partial charge in [0.1, 0.15) is 73.2 Å². The number of aliphatic hydroxyl groups excluding tert-OH is 11. The van der Waals surface area contributed by atoms with E-state index < -0.39 is 124 Å². The molecule has 0 bridgehead atoms. The van der Waals surface area contributed by atoms with E-state index in [1.165, 1.54) is 315 Å². The summed E-state index contributed by atoms with van der Waals surface area (Å²) in [5, 5.41) is 121. The van der Waals surface area contributed by atoms with E-state index >= 15 is 0 Å². The topological polar surface area (TPSA) is 307 Å². The number of unbranched alkanes of at least 4 members (excludes halogenated alkanes) is 55. The number of carbonyl (C=O) groups excluding carboxylic acids is 1. The number of allylic oxidation sites excluding steroid dienone is 1. The van der Waals surface area contributed by atoms with Crippen molar-refractivity contribution in [2.24, 2.45) is 0 Å². The minimum Gasteiger partial charge on any atom is -0.394 e. The van der Waals surface area contributed by atoms with Crippen LogP contribution < -0.4 is 5.32 Å². The Balaban J connectivity index is 1.34. The lowest BCUT2D eigenvalue weighted by Crippen LogP contribution is -2.66. The molecule has 0 aromatic heterocycles. The van der Waals surface area contributed by atoms with Crippen LogP contribution >= 0.6 is 0 Å². The second kappa shape index (κ2) is 65.3. The fourth-order valence-electron chi connectivity index (χ4n) is 15.1. The molecule has 0 spiro atoms. The van der Waals surface area contributed by atoms with Crippen molar-refractivity contribution in [3.8, 4) is 0 Å². The van der Waals surface area contributed by atoms with Gasteiger partial charge in [0.2, 0.25) is 5.91 Å². The summed E-state index contributed by atoms with van der Waals surface area (Å²) >= 11 is 0. The number of hydrogen-bond acceptors (Lipinski definition) is 18. The highest BCUT2D eigenvalue weighted by molar-refractivity contribution is 5.76. The summed E-state index contributed by atoms with van der Waals surface area (Å²) in [6.07, 6.45) is 52.2. The maximum atomic E-state index is 13.5. The third kappa shape index (κ3) is 44.8. The molecule has 3 fully saturated rings. The van der Waals surface area contributed by atoms with Gasteiger partial charge in [0.05, 0.1) is 38.6 Å². The second-order valence-electron chi connectivity index (χ2n) is 31.4. The van der Waals surface area contributed by atoms with Gasteiger partial charge in [0.15, 0.2) is 18.9 Å². The minimum absolute atomic E-state index is 0.250. The molecule has 3 aliphatic heterocycles. The van der Waals surface area contributed by atoms with Crippen molar-refractivity contribution in [3.05, 3.63) is 12.2 Å². The summed E-state index contributed by atoms with van der Waals surface area (Å²) in [5.41, 5.74) is 0. The smallest absolute Gasteiger partial charge is 0.220 e. The van der Waals surface area contributed by atoms with Crippen LogP contribution in [0.3, 0.4) is 0 Å². The molecule has 17 unspecified atom stereocenters. The number of amides is 1. The number of ether oxygens (including phenoxy) is 6. The van der Waals surface area contributed by atoms with Crippen LogP contribution in [0.5, 0.6) is 0 Å². The van der Waals surface area contributed by atoms with Crippen LogP contribution in [0.15, 0.2) is 12.2 Å². The maximum absolute atomic E-state index is 13.5. The molecule has 17 atom stereocenters. The first-order valence-electron chi connectivity index (χ1n) is 43.4. The van der Waals surface area contributed by atoms with Gasteiger partial charge in [0, 0.05) is 6.42 Å². The van der Waals surface area contributed by atoms with Gasteiger partial charge >= 0.3 is 0 Å². The van der Waals surface area contributed by atoms with Crippen molar-refractivity contribution in [1.29, 1.82) is 0 Å². The Bertz CT molecular complexity index is 1910. The average molecular weight is 1470 g/mol. The number of rotatable bonds is 71. The van der Waals surface area contributed by atoms with Crippen molar-refractivity contribution >= 4 is 5.91 Å². The summed E-state index contributed by atoms with van der Waals surface area (Å²) in [6.45, 7) is 1.82. The fraction of sp³-hybridized carbons (Fsp3) is 0.964. The van der Waals surface area contributed by atoms with Crippen LogP contribution in [0.25, 0.3) is 0 Å². The minimum atomic E-state index is -1.98. The first-order chi connectivity index (χ1) is 50.3. The Kier molecular flexibility index (Phi) is 60.7. The Morgan fingerprint density at radius 1 is 0.340 bits per heavy atom. The van der Waals surface area contributed by atoms with Crippen LogP contribution in [0, 0.1) is 0 Å². The quantitative estimate of drug-likeness (QED) is 0.0199. The number of carbonyl (C=O) groups is 1. The molecule has 610 valence electrons. The van der Waals surface area contributed by atoms with Crippen LogP contribution in [-0.4, -0.2) is 193 Å². The van der Waals surface area contributed by atoms with E-state index in [-0.39, 0.29) is 18.9 Å². The molecule has 0 aromatic carbocycles. The van der Waals surface area contributed by atoms with E-state index in [9.17, 15) is 61.0 Å². The molecule has 3 heterocycles. The van der Waals surface area contributed by atoms with Crippen molar-refractivity contribution in [2.45, 2.75) is 491 Å². The van der Waals surface area contributed by atoms with Crippen molar-refractivity contribution < 1.29 is 89.4 Å². The summed E-state index contributed by atoms with van der Waals surface area (Å²) in [5.74, 6) is -0.265. The Morgan fingerprint density at radius 3 is 0.913 bits per heavy atom. The third-order valence-corrected chi connectivity index (χ3v) is 22.1. The molecule has 1 amide bonds. The van der Waals surface area contributed by atoms with Crippen LogP contribution in [-0.2, 0) is 33.2 Å². The molecule has 12 N–H and O–H groups in total. The highest BCUT2D eigenvalue weighted by Gasteiger charge is 2.54. The third-order valence-electron chi connectivity index (χ3n) is 22.1. The lowest BCUT2D eigenvalue weighted by molar-refractivity contribution is -0.379. The highest BCUT2D eigenvalue weighted by Crippen LogP contribution is 2.34. The SMILES string of the molecule is CCCCCCCCCCCCCCCCCCCCCCCCCC/C=C/C(O)C(COC1OC(CO)C(OC2OC(CO)C(OC3OC(CO)C(O)C(O)C3O)C(O)C2O)C(O)C1O)NC(=O)CCCCCCCCCCCCCCCCCCCCCCCCCCCCCCCCCC. The lowest BCUT2D eigenvalue weighted by Gasteiger charge is -2.48. The van der Waals surface area contributed by atoms with Crippen LogP contribution in [0.1, 0.15) is 386 Å². The second-order valence-corrected chi connectivity index (χ2v) is 31.4. The van der Waals surface area contributed by atoms with Crippen molar-refractivity contribution in [2.75, 3.05) is 26.4 Å². The molecule has 103 heavy (non-hydrogen) atoms. The maximum Gasteiger partial charge on any atom is 0.220 e. The number of aliphatic hydroxyl groups is 11. The lowest BCUT2D eigenvalue weighted by atomic mass is 9.96. The number of nitrogens with one attached hydrogen (secondary N) is 1. The van der Waals surface area contributed by atoms with E-state index in [1.54, 1.807) is 6.08 Å². The van der Waals surface area contributed by atoms with Crippen molar-refractivity contribution in [3.63, 3.8) is 0 Å². The first kappa shape index (κ1) is 95.7. The van der Waals surface area contributed by atoms with Gasteiger partial charge in [-0.2, -0.15) is 0 Å². The van der Waals surface area contributed by atoms with Crippen molar-refractivity contribution in [1.82, 2.24) is 5.32 Å². The molecule has 19 heteroatoms. The van der Waals surface area contributed by atoms with Gasteiger partial charge in [0.25, 0.3) is 0 Å². The molecule has 3 saturated heterocycles. The number of hydrogen-bond donors (Lipinski definition) is 12. The molecular weight excluding hydrogens is 1310 g/mol. The van der Waals surface area contributed by atoms with Gasteiger partial charge in [-0.25, -0.2) is 0 Å². The van der Waals surface area contributed by atoms with Gasteiger partial charge in [-0.15, -0.1) is 0 Å². The van der Waals surface area contributed by atoms with Gasteiger partial charge < -0.3 is 89.9 Å². The first-order valence-corrected chi connectivity index (χ1v) is 43.4. The molecular formula is C84H161NO18. The molecule has 3 rings (SSSR count). The van der Waals surface area contributed by atoms with E-state index in [2.05, 4.69) is 19.2 Å². The van der Waals surface area contributed by atoms with Gasteiger partial charge in [-0.1, -0.05) is 373 Å². The summed E-state index contributed by atoms with van der Waals surface area (Å²) in [7, 11) is 0. The average Bonchev–Trinajstić information content (AvgIpc) is 0.781. The zero-order valence-corrected chi connectivity index (χ0v) is 65.6. The van der Waals surface area contributed by atoms with E-state index in [0.717, 1.165) is 44.9 Å². The summed E-state index contributed by atoms with van der Waals surface area (Å²) in [6, 6.07) is -0.971. The summed E-state index contributed by atoms with van der Waals surface area (Å²) in [4.78, 5) is 13.5. The Labute approximate surface area is 626 Å². The van der Waals surface area contributed by atoms with Gasteiger partial charge in [-0.3, -0.25) is 4.79 Å². The monoisotopic (exact) mass is 1470 g/mol. The molecule has 3 aliphatic rings. The van der Waals surface area contributed by atoms with Crippen LogP contribution in [0.4, 0.5) is 0 Å². The largest absolute Gasteiger partial charge is 0.394 e. The molecule has 0 aliphatic carbocycles. The molecule has 19 nitrogen and oxygen atoms in total. The van der Waals surface area contributed by atoms with E-state index in [1.807, 2.05) is 6.08 Å². The zero-order chi connectivity index (χ0) is 74.6. The predicted molar refractivity (Wildman–Crippen MR) is 411 cm³/mol. The zero-order valence-electron chi connectivity index (χ0n) is 65.6. The fourth-order valence-corrected chi connectivity index (χ4v) is 15.1. The molecule has 0 aromatic rings. The summed E-state index contributed by atoms with van der Waals surface area (Å²) < 4.78 is 34.5. The van der Waals surface area contributed by atoms with Crippen LogP contribution in [0.2, 0.25) is 0 Å². The van der Waals surface area contributed by atoms with E-state index in [0.29, 0.717) is 6.42 Å². The molecule has 0 radical (unpaired) electrons. The molecule has 0 saturated carbocycles. The standard InChI is InChI=1S/C84H161NO18/c1-3-5-7-9-11-13-15-17-19-21-23-25-27-29-31-32-33-34-35-36-38-40-42-44-46-48-50-52-54-56-58-60-62-72(90)85-67(68(89)61-59-57-55-53-51-49-47-45-43-41-39-37-30-28-26-24-22-20-18-16-14-12-10-8-6-4-2)66-98-82-78(96)75(93)80(70(64-87)100-82)103-84-79(97)76(94)81(71(65-88)101-84)102-83-77(95)74(92)73(91)69(63-86)99-83/h59,61,67-71,73-84,86-89,91-97H,3-58,60,62-66H2,1-2H3,(H,85,90)/b61-59+. The normalized spacial score (nSPS) is 26.0. The van der Waals surface area contributed by atoms with Gasteiger partial charge in [-0.05, 0) is 19.3 Å². The van der Waals surface area contributed by atoms with E-state index in [4.69, 9.17) is 28.4 Å². The predicted octanol–water partition coefficient (Wildman–Crippen LogP) is 15.5. The Morgan fingerprint density at radius 2 is 0.602 bits per heavy atom. The Hall–Kier alpha value is -1.47.